The monoisotopic (exact) mass is 393 g/mol. The van der Waals surface area contributed by atoms with Gasteiger partial charge in [0.2, 0.25) is 5.43 Å². The highest BCUT2D eigenvalue weighted by Crippen LogP contribution is 2.44. The molecule has 3 N–H and O–H groups in total. The number of pyridine rings is 1. The number of anilines is 1. The number of hydrogen-bond acceptors (Lipinski definition) is 5. The van der Waals surface area contributed by atoms with Gasteiger partial charge < -0.3 is 25.0 Å². The predicted molar refractivity (Wildman–Crippen MR) is 99.6 cm³/mol. The van der Waals surface area contributed by atoms with Crippen LogP contribution >= 0.6 is 0 Å². The van der Waals surface area contributed by atoms with Crippen molar-refractivity contribution in [3.8, 4) is 5.75 Å². The normalized spacial score (nSPS) is 22.1. The van der Waals surface area contributed by atoms with Gasteiger partial charge in [0.25, 0.3) is 0 Å². The first kappa shape index (κ1) is 18.7. The van der Waals surface area contributed by atoms with Crippen LogP contribution in [0, 0.1) is 11.7 Å². The number of aromatic carboxylic acids is 1. The van der Waals surface area contributed by atoms with E-state index in [4.69, 9.17) is 10.5 Å². The maximum Gasteiger partial charge on any atom is 0.341 e. The highest BCUT2D eigenvalue weighted by molar-refractivity contribution is 5.97. The lowest BCUT2D eigenvalue weighted by molar-refractivity contribution is 0.0695. The quantitative estimate of drug-likeness (QED) is 0.806. The second-order valence-corrected chi connectivity index (χ2v) is 7.44. The number of carboxylic acids is 1. The number of benzene rings is 1. The molecule has 1 aromatic heterocycles. The maximum atomic E-state index is 15.1. The molecule has 2 aromatic rings. The van der Waals surface area contributed by atoms with Crippen molar-refractivity contribution in [2.24, 2.45) is 11.7 Å². The molecule has 4 rings (SSSR count). The zero-order valence-electron chi connectivity index (χ0n) is 15.3. The summed E-state index contributed by atoms with van der Waals surface area (Å²) in [6, 6.07) is 0.632. The summed E-state index contributed by atoms with van der Waals surface area (Å²) in [5.41, 5.74) is 5.28. The molecule has 9 heteroatoms. The molecule has 2 unspecified atom stereocenters. The zero-order chi connectivity index (χ0) is 20.2. The third-order valence-corrected chi connectivity index (χ3v) is 5.58. The van der Waals surface area contributed by atoms with Crippen molar-refractivity contribution in [2.75, 3.05) is 31.8 Å². The van der Waals surface area contributed by atoms with E-state index in [0.717, 1.165) is 18.9 Å². The Balaban J connectivity index is 2.00. The van der Waals surface area contributed by atoms with E-state index in [1.807, 2.05) is 0 Å². The smallest absolute Gasteiger partial charge is 0.341 e. The summed E-state index contributed by atoms with van der Waals surface area (Å²) >= 11 is 0. The molecule has 2 fully saturated rings. The van der Waals surface area contributed by atoms with E-state index in [1.165, 1.54) is 13.3 Å². The van der Waals surface area contributed by atoms with Crippen LogP contribution < -0.4 is 20.8 Å². The molecule has 1 aliphatic heterocycles. The summed E-state index contributed by atoms with van der Waals surface area (Å²) in [4.78, 5) is 25.8. The Labute approximate surface area is 159 Å². The van der Waals surface area contributed by atoms with Gasteiger partial charge in [-0.1, -0.05) is 0 Å². The highest BCUT2D eigenvalue weighted by Gasteiger charge is 2.36. The second kappa shape index (κ2) is 6.73. The van der Waals surface area contributed by atoms with Crippen LogP contribution in [0.3, 0.4) is 0 Å². The van der Waals surface area contributed by atoms with Crippen molar-refractivity contribution in [3.63, 3.8) is 0 Å². The van der Waals surface area contributed by atoms with Gasteiger partial charge in [0.15, 0.2) is 11.6 Å². The van der Waals surface area contributed by atoms with E-state index in [2.05, 4.69) is 0 Å². The number of nitrogens with two attached hydrogens (primary N) is 1. The van der Waals surface area contributed by atoms with E-state index in [9.17, 15) is 19.1 Å². The molecular formula is C19H21F2N3O4. The molecule has 0 bridgehead atoms. The van der Waals surface area contributed by atoms with E-state index >= 15 is 4.39 Å². The Hall–Kier alpha value is -2.68. The lowest BCUT2D eigenvalue weighted by Gasteiger charge is -2.24. The Bertz CT molecular complexity index is 1020. The molecule has 1 saturated heterocycles. The molecule has 0 amide bonds. The fourth-order valence-electron chi connectivity index (χ4n) is 3.97. The van der Waals surface area contributed by atoms with E-state index < -0.39 is 41.4 Å². The predicted octanol–water partition coefficient (Wildman–Crippen LogP) is 1.92. The number of carbonyl (C=O) groups is 1. The molecule has 1 aromatic carbocycles. The van der Waals surface area contributed by atoms with Crippen molar-refractivity contribution in [2.45, 2.75) is 24.9 Å². The molecule has 28 heavy (non-hydrogen) atoms. The number of nitrogens with zero attached hydrogens (tertiary/aromatic N) is 2. The molecule has 1 saturated carbocycles. The third kappa shape index (κ3) is 2.81. The SMILES string of the molecule is COc1c(N2CC(N)C(CF)C2)c(F)cc2c(=O)c(C(=O)O)cn(C3CC3)c12. The first-order chi connectivity index (χ1) is 13.4. The van der Waals surface area contributed by atoms with Gasteiger partial charge in [0, 0.05) is 37.3 Å². The summed E-state index contributed by atoms with van der Waals surface area (Å²) in [5, 5.41) is 9.32. The largest absolute Gasteiger partial charge is 0.492 e. The van der Waals surface area contributed by atoms with Crippen LogP contribution in [0.25, 0.3) is 10.9 Å². The van der Waals surface area contributed by atoms with Crippen LogP contribution in [0.15, 0.2) is 17.1 Å². The van der Waals surface area contributed by atoms with E-state index in [1.54, 1.807) is 9.47 Å². The topological polar surface area (TPSA) is 97.8 Å². The number of fused-ring (bicyclic) bond motifs is 1. The van der Waals surface area contributed by atoms with Crippen LogP contribution in [-0.2, 0) is 0 Å². The van der Waals surface area contributed by atoms with Crippen LogP contribution in [0.4, 0.5) is 14.5 Å². The van der Waals surface area contributed by atoms with Gasteiger partial charge in [-0.3, -0.25) is 9.18 Å². The molecule has 2 aliphatic rings. The number of hydrogen-bond donors (Lipinski definition) is 2. The number of methoxy groups -OCH3 is 1. The van der Waals surface area contributed by atoms with Crippen molar-refractivity contribution < 1.29 is 23.4 Å². The number of carboxylic acid groups (broad SMARTS) is 1. The van der Waals surface area contributed by atoms with Gasteiger partial charge in [-0.25, -0.2) is 9.18 Å². The Kier molecular flexibility index (Phi) is 4.49. The molecule has 0 spiro atoms. The maximum absolute atomic E-state index is 15.1. The van der Waals surface area contributed by atoms with Crippen LogP contribution in [0.2, 0.25) is 0 Å². The summed E-state index contributed by atoms with van der Waals surface area (Å²) in [6.07, 6.45) is 2.95. The second-order valence-electron chi connectivity index (χ2n) is 7.44. The van der Waals surface area contributed by atoms with Gasteiger partial charge in [-0.2, -0.15) is 0 Å². The van der Waals surface area contributed by atoms with Crippen molar-refractivity contribution >= 4 is 22.6 Å². The molecule has 2 heterocycles. The fourth-order valence-corrected chi connectivity index (χ4v) is 3.97. The minimum atomic E-state index is -1.36. The Morgan fingerprint density at radius 2 is 2.11 bits per heavy atom. The third-order valence-electron chi connectivity index (χ3n) is 5.58. The standard InChI is InChI=1S/C19H21F2N3O4/c1-28-18-15-11(17(25)12(19(26)27)7-24(15)10-2-3-10)4-13(21)16(18)23-6-9(5-20)14(22)8-23/h4,7,9-10,14H,2-3,5-6,8,22H2,1H3,(H,26,27). The molecule has 0 radical (unpaired) electrons. The van der Waals surface area contributed by atoms with Gasteiger partial charge in [0.05, 0.1) is 24.7 Å². The Morgan fingerprint density at radius 3 is 2.64 bits per heavy atom. The minimum absolute atomic E-state index is 0.0211. The molecule has 1 aliphatic carbocycles. The molecule has 150 valence electrons. The number of aromatic nitrogens is 1. The molecule has 7 nitrogen and oxygen atoms in total. The fraction of sp³-hybridized carbons (Fsp3) is 0.474. The van der Waals surface area contributed by atoms with Crippen LogP contribution in [0.5, 0.6) is 5.75 Å². The average Bonchev–Trinajstić information content (AvgIpc) is 3.43. The van der Waals surface area contributed by atoms with Gasteiger partial charge >= 0.3 is 5.97 Å². The number of ether oxygens (including phenoxy) is 1. The average molecular weight is 393 g/mol. The Morgan fingerprint density at radius 1 is 1.39 bits per heavy atom. The minimum Gasteiger partial charge on any atom is -0.492 e. The highest BCUT2D eigenvalue weighted by atomic mass is 19.1. The van der Waals surface area contributed by atoms with Crippen molar-refractivity contribution in [1.29, 1.82) is 0 Å². The number of halogens is 2. The summed E-state index contributed by atoms with van der Waals surface area (Å²) in [6.45, 7) is -0.116. The van der Waals surface area contributed by atoms with Crippen LogP contribution in [0.1, 0.15) is 29.2 Å². The summed E-state index contributed by atoms with van der Waals surface area (Å²) in [5.74, 6) is -2.36. The lowest BCUT2D eigenvalue weighted by Crippen LogP contribution is -2.30. The van der Waals surface area contributed by atoms with Crippen molar-refractivity contribution in [3.05, 3.63) is 33.9 Å². The van der Waals surface area contributed by atoms with Gasteiger partial charge in [0.1, 0.15) is 11.3 Å². The van der Waals surface area contributed by atoms with E-state index in [-0.39, 0.29) is 36.0 Å². The van der Waals surface area contributed by atoms with Gasteiger partial charge in [-0.05, 0) is 18.9 Å². The zero-order valence-corrected chi connectivity index (χ0v) is 15.3. The molecule has 2 atom stereocenters. The molecular weight excluding hydrogens is 372 g/mol. The van der Waals surface area contributed by atoms with E-state index in [0.29, 0.717) is 5.52 Å². The van der Waals surface area contributed by atoms with Crippen LogP contribution in [-0.4, -0.2) is 48.6 Å². The van der Waals surface area contributed by atoms with Crippen molar-refractivity contribution in [1.82, 2.24) is 4.57 Å². The number of rotatable bonds is 5. The van der Waals surface area contributed by atoms with Gasteiger partial charge in [-0.15, -0.1) is 0 Å². The summed E-state index contributed by atoms with van der Waals surface area (Å²) in [7, 11) is 1.37. The first-order valence-electron chi connectivity index (χ1n) is 9.12. The summed E-state index contributed by atoms with van der Waals surface area (Å²) < 4.78 is 35.5. The lowest BCUT2D eigenvalue weighted by atomic mass is 10.1. The number of alkyl halides is 1. The first-order valence-corrected chi connectivity index (χ1v) is 9.12.